The molecule has 0 saturated carbocycles. The highest BCUT2D eigenvalue weighted by atomic mass is 16.4. The predicted molar refractivity (Wildman–Crippen MR) is 61.7 cm³/mol. The number of amides is 1. The third-order valence-corrected chi connectivity index (χ3v) is 2.30. The standard InChI is InChI=1S/C12H15NO4/c14-8-10(6-7-11(15)16)13-12(17)9-4-2-1-3-5-9/h1-5,10,14H,6-8H2,(H,13,17)(H,15,16)/t10-/m0/s1. The van der Waals surface area contributed by atoms with E-state index in [9.17, 15) is 9.59 Å². The van der Waals surface area contributed by atoms with E-state index in [2.05, 4.69) is 5.32 Å². The van der Waals surface area contributed by atoms with Crippen LogP contribution in [0.1, 0.15) is 23.2 Å². The Balaban J connectivity index is 2.51. The summed E-state index contributed by atoms with van der Waals surface area (Å²) in [4.78, 5) is 22.1. The molecule has 0 aromatic heterocycles. The lowest BCUT2D eigenvalue weighted by molar-refractivity contribution is -0.137. The molecule has 5 heteroatoms. The smallest absolute Gasteiger partial charge is 0.303 e. The summed E-state index contributed by atoms with van der Waals surface area (Å²) in [6.45, 7) is -0.272. The maximum Gasteiger partial charge on any atom is 0.303 e. The van der Waals surface area contributed by atoms with E-state index < -0.39 is 12.0 Å². The minimum absolute atomic E-state index is 0.0830. The van der Waals surface area contributed by atoms with E-state index in [-0.39, 0.29) is 25.4 Å². The summed E-state index contributed by atoms with van der Waals surface area (Å²) in [6.07, 6.45) is 0.130. The second-order valence-electron chi connectivity index (χ2n) is 3.65. The lowest BCUT2D eigenvalue weighted by atomic mass is 10.1. The van der Waals surface area contributed by atoms with Crippen LogP contribution in [0.15, 0.2) is 30.3 Å². The Kier molecular flexibility index (Phi) is 5.16. The molecule has 0 radical (unpaired) electrons. The third kappa shape index (κ3) is 4.65. The Hall–Kier alpha value is -1.88. The summed E-state index contributed by atoms with van der Waals surface area (Å²) in [7, 11) is 0. The second-order valence-corrected chi connectivity index (χ2v) is 3.65. The number of hydrogen-bond donors (Lipinski definition) is 3. The summed E-state index contributed by atoms with van der Waals surface area (Å²) in [5.41, 5.74) is 0.487. The number of rotatable bonds is 6. The van der Waals surface area contributed by atoms with Gasteiger partial charge in [-0.25, -0.2) is 0 Å². The lowest BCUT2D eigenvalue weighted by Gasteiger charge is -2.15. The van der Waals surface area contributed by atoms with Crippen molar-refractivity contribution in [2.45, 2.75) is 18.9 Å². The average Bonchev–Trinajstić information content (AvgIpc) is 2.35. The van der Waals surface area contributed by atoms with Crippen molar-refractivity contribution in [3.05, 3.63) is 35.9 Å². The molecule has 0 bridgehead atoms. The number of carboxylic acid groups (broad SMARTS) is 1. The van der Waals surface area contributed by atoms with E-state index in [1.807, 2.05) is 0 Å². The first-order valence-electron chi connectivity index (χ1n) is 5.32. The molecule has 0 heterocycles. The van der Waals surface area contributed by atoms with Gasteiger partial charge in [0.1, 0.15) is 0 Å². The van der Waals surface area contributed by atoms with Gasteiger partial charge in [-0.1, -0.05) is 18.2 Å². The monoisotopic (exact) mass is 237 g/mol. The maximum atomic E-state index is 11.7. The Bertz CT molecular complexity index is 377. The largest absolute Gasteiger partial charge is 0.481 e. The van der Waals surface area contributed by atoms with E-state index in [1.165, 1.54) is 0 Å². The van der Waals surface area contributed by atoms with Gasteiger partial charge in [0.15, 0.2) is 0 Å². The average molecular weight is 237 g/mol. The molecule has 0 aliphatic carbocycles. The lowest BCUT2D eigenvalue weighted by Crippen LogP contribution is -2.37. The molecule has 1 aromatic carbocycles. The number of hydrogen-bond acceptors (Lipinski definition) is 3. The summed E-state index contributed by atoms with van der Waals surface area (Å²) in [6, 6.07) is 8.05. The number of carbonyl (C=O) groups is 2. The Morgan fingerprint density at radius 2 is 1.88 bits per heavy atom. The molecule has 0 aliphatic rings. The van der Waals surface area contributed by atoms with Crippen LogP contribution in [0.25, 0.3) is 0 Å². The van der Waals surface area contributed by atoms with Crippen LogP contribution in [0.2, 0.25) is 0 Å². The summed E-state index contributed by atoms with van der Waals surface area (Å²) in [5, 5.41) is 20.1. The summed E-state index contributed by atoms with van der Waals surface area (Å²) < 4.78 is 0. The van der Waals surface area contributed by atoms with Crippen molar-refractivity contribution in [1.29, 1.82) is 0 Å². The molecular formula is C12H15NO4. The van der Waals surface area contributed by atoms with Crippen LogP contribution in [0.3, 0.4) is 0 Å². The maximum absolute atomic E-state index is 11.7. The molecular weight excluding hydrogens is 222 g/mol. The van der Waals surface area contributed by atoms with Crippen LogP contribution in [0.4, 0.5) is 0 Å². The molecule has 92 valence electrons. The quantitative estimate of drug-likeness (QED) is 0.677. The fourth-order valence-electron chi connectivity index (χ4n) is 1.37. The minimum Gasteiger partial charge on any atom is -0.481 e. The van der Waals surface area contributed by atoms with Crippen LogP contribution in [0.5, 0.6) is 0 Å². The molecule has 17 heavy (non-hydrogen) atoms. The van der Waals surface area contributed by atoms with E-state index in [4.69, 9.17) is 10.2 Å². The van der Waals surface area contributed by atoms with E-state index in [0.29, 0.717) is 5.56 Å². The molecule has 5 nitrogen and oxygen atoms in total. The number of aliphatic hydroxyl groups excluding tert-OH is 1. The first-order valence-corrected chi connectivity index (χ1v) is 5.32. The molecule has 0 unspecified atom stereocenters. The van der Waals surface area contributed by atoms with Crippen LogP contribution in [-0.4, -0.2) is 34.7 Å². The van der Waals surface area contributed by atoms with E-state index >= 15 is 0 Å². The summed E-state index contributed by atoms with van der Waals surface area (Å²) in [5.74, 6) is -1.26. The van der Waals surface area contributed by atoms with Gasteiger partial charge in [0.2, 0.25) is 0 Å². The van der Waals surface area contributed by atoms with E-state index in [1.54, 1.807) is 30.3 Å². The first kappa shape index (κ1) is 13.2. The van der Waals surface area contributed by atoms with Crippen molar-refractivity contribution in [1.82, 2.24) is 5.32 Å². The van der Waals surface area contributed by atoms with Crippen LogP contribution >= 0.6 is 0 Å². The number of carbonyl (C=O) groups excluding carboxylic acids is 1. The zero-order valence-electron chi connectivity index (χ0n) is 9.30. The van der Waals surface area contributed by atoms with Gasteiger partial charge < -0.3 is 15.5 Å². The van der Waals surface area contributed by atoms with Gasteiger partial charge >= 0.3 is 5.97 Å². The molecule has 1 rings (SSSR count). The van der Waals surface area contributed by atoms with Gasteiger partial charge in [-0.3, -0.25) is 9.59 Å². The molecule has 1 atom stereocenters. The molecule has 0 fully saturated rings. The Morgan fingerprint density at radius 3 is 2.41 bits per heavy atom. The number of benzene rings is 1. The normalized spacial score (nSPS) is 11.8. The molecule has 1 amide bonds. The fraction of sp³-hybridized carbons (Fsp3) is 0.333. The highest BCUT2D eigenvalue weighted by Crippen LogP contribution is 2.02. The first-order chi connectivity index (χ1) is 8.13. The van der Waals surface area contributed by atoms with Gasteiger partial charge in [-0.15, -0.1) is 0 Å². The Morgan fingerprint density at radius 1 is 1.24 bits per heavy atom. The zero-order chi connectivity index (χ0) is 12.7. The SMILES string of the molecule is O=C(O)CC[C@@H](CO)NC(=O)c1ccccc1. The molecule has 1 aromatic rings. The van der Waals surface area contributed by atoms with Crippen molar-refractivity contribution in [3.8, 4) is 0 Å². The molecule has 0 spiro atoms. The number of nitrogens with one attached hydrogen (secondary N) is 1. The second kappa shape index (κ2) is 6.65. The highest BCUT2D eigenvalue weighted by Gasteiger charge is 2.13. The van der Waals surface area contributed by atoms with Crippen LogP contribution in [0, 0.1) is 0 Å². The molecule has 0 aliphatic heterocycles. The van der Waals surface area contributed by atoms with Crippen molar-refractivity contribution in [2.24, 2.45) is 0 Å². The number of aliphatic carboxylic acids is 1. The highest BCUT2D eigenvalue weighted by molar-refractivity contribution is 5.94. The van der Waals surface area contributed by atoms with Crippen LogP contribution < -0.4 is 5.32 Å². The zero-order valence-corrected chi connectivity index (χ0v) is 9.30. The van der Waals surface area contributed by atoms with Crippen molar-refractivity contribution in [2.75, 3.05) is 6.61 Å². The van der Waals surface area contributed by atoms with Gasteiger partial charge in [-0.2, -0.15) is 0 Å². The Labute approximate surface area is 99.1 Å². The minimum atomic E-state index is -0.947. The fourth-order valence-corrected chi connectivity index (χ4v) is 1.37. The van der Waals surface area contributed by atoms with Crippen LogP contribution in [-0.2, 0) is 4.79 Å². The van der Waals surface area contributed by atoms with Gasteiger partial charge in [-0.05, 0) is 18.6 Å². The molecule has 3 N–H and O–H groups in total. The van der Waals surface area contributed by atoms with Gasteiger partial charge in [0.05, 0.1) is 12.6 Å². The van der Waals surface area contributed by atoms with Gasteiger partial charge in [0.25, 0.3) is 5.91 Å². The molecule has 0 saturated heterocycles. The number of carboxylic acids is 1. The van der Waals surface area contributed by atoms with E-state index in [0.717, 1.165) is 0 Å². The topological polar surface area (TPSA) is 86.6 Å². The summed E-state index contributed by atoms with van der Waals surface area (Å²) >= 11 is 0. The van der Waals surface area contributed by atoms with Crippen molar-refractivity contribution < 1.29 is 19.8 Å². The van der Waals surface area contributed by atoms with Gasteiger partial charge in [0, 0.05) is 12.0 Å². The third-order valence-electron chi connectivity index (χ3n) is 2.30. The number of aliphatic hydroxyl groups is 1. The predicted octanol–water partition coefficient (Wildman–Crippen LogP) is 0.642. The van der Waals surface area contributed by atoms with Crippen molar-refractivity contribution in [3.63, 3.8) is 0 Å². The van der Waals surface area contributed by atoms with Crippen molar-refractivity contribution >= 4 is 11.9 Å².